The monoisotopic (exact) mass is 434 g/mol. The molecule has 8 heteroatoms. The highest BCUT2D eigenvalue weighted by Crippen LogP contribution is 2.30. The lowest BCUT2D eigenvalue weighted by atomic mass is 10.0. The van der Waals surface area contributed by atoms with E-state index in [0.29, 0.717) is 42.6 Å². The number of nitrogens with one attached hydrogen (secondary N) is 1. The lowest BCUT2D eigenvalue weighted by Gasteiger charge is -2.32. The second-order valence-corrected chi connectivity index (χ2v) is 9.15. The Morgan fingerprint density at radius 3 is 2.19 bits per heavy atom. The van der Waals surface area contributed by atoms with E-state index in [1.807, 2.05) is 0 Å². The Balaban J connectivity index is 1.41. The van der Waals surface area contributed by atoms with Gasteiger partial charge in [-0.25, -0.2) is 0 Å². The molecule has 0 bridgehead atoms. The molecule has 1 aromatic carbocycles. The summed E-state index contributed by atoms with van der Waals surface area (Å²) in [6.07, 6.45) is 4.43. The van der Waals surface area contributed by atoms with Crippen LogP contribution in [0.15, 0.2) is 42.7 Å². The minimum atomic E-state index is -0.639. The summed E-state index contributed by atoms with van der Waals surface area (Å²) in [6.45, 7) is 6.41. The van der Waals surface area contributed by atoms with Gasteiger partial charge in [-0.3, -0.25) is 29.1 Å². The summed E-state index contributed by atoms with van der Waals surface area (Å²) >= 11 is 0. The van der Waals surface area contributed by atoms with Crippen molar-refractivity contribution in [1.29, 1.82) is 0 Å². The number of carbonyl (C=O) groups is 4. The van der Waals surface area contributed by atoms with Gasteiger partial charge >= 0.3 is 0 Å². The molecule has 0 saturated carbocycles. The van der Waals surface area contributed by atoms with Gasteiger partial charge in [0.25, 0.3) is 23.6 Å². The summed E-state index contributed by atoms with van der Waals surface area (Å²) in [7, 11) is 0. The third kappa shape index (κ3) is 4.00. The molecule has 1 fully saturated rings. The average Bonchev–Trinajstić information content (AvgIpc) is 3.04. The maximum Gasteiger partial charge on any atom is 0.262 e. The van der Waals surface area contributed by atoms with Gasteiger partial charge in [0.2, 0.25) is 0 Å². The highest BCUT2D eigenvalue weighted by Gasteiger charge is 2.42. The van der Waals surface area contributed by atoms with Crippen LogP contribution in [0, 0.1) is 0 Å². The molecule has 1 saturated heterocycles. The van der Waals surface area contributed by atoms with E-state index in [9.17, 15) is 19.2 Å². The third-order valence-electron chi connectivity index (χ3n) is 5.86. The maximum atomic E-state index is 13.0. The Bertz CT molecular complexity index is 1080. The van der Waals surface area contributed by atoms with Crippen LogP contribution in [0.2, 0.25) is 0 Å². The molecule has 2 aliphatic heterocycles. The van der Waals surface area contributed by atoms with Crippen molar-refractivity contribution in [1.82, 2.24) is 20.1 Å². The van der Waals surface area contributed by atoms with Crippen LogP contribution in [0.1, 0.15) is 75.0 Å². The largest absolute Gasteiger partial charge is 0.349 e. The fourth-order valence-corrected chi connectivity index (χ4v) is 4.16. The van der Waals surface area contributed by atoms with Crippen molar-refractivity contribution in [2.45, 2.75) is 45.2 Å². The second-order valence-electron chi connectivity index (χ2n) is 9.15. The molecule has 32 heavy (non-hydrogen) atoms. The molecule has 0 radical (unpaired) electrons. The predicted molar refractivity (Wildman–Crippen MR) is 117 cm³/mol. The number of likely N-dealkylation sites (tertiary alicyclic amines) is 1. The quantitative estimate of drug-likeness (QED) is 0.749. The number of hydrogen-bond donors (Lipinski definition) is 1. The van der Waals surface area contributed by atoms with E-state index in [0.717, 1.165) is 0 Å². The molecule has 0 unspecified atom stereocenters. The number of carbonyl (C=O) groups excluding carboxylic acids is 4. The molecule has 2 aliphatic rings. The van der Waals surface area contributed by atoms with Crippen LogP contribution < -0.4 is 5.32 Å². The van der Waals surface area contributed by atoms with Crippen LogP contribution in [0.3, 0.4) is 0 Å². The zero-order valence-electron chi connectivity index (χ0n) is 18.4. The number of pyridine rings is 1. The van der Waals surface area contributed by atoms with Crippen molar-refractivity contribution in [2.24, 2.45) is 0 Å². The first-order valence-electron chi connectivity index (χ1n) is 10.7. The van der Waals surface area contributed by atoms with Gasteiger partial charge in [0.1, 0.15) is 0 Å². The second kappa shape index (κ2) is 8.18. The Hall–Kier alpha value is -3.55. The number of nitrogens with zero attached hydrogens (tertiary/aromatic N) is 3. The minimum absolute atomic E-state index is 0.0146. The maximum absolute atomic E-state index is 13.0. The molecule has 1 N–H and O–H groups in total. The number of imide groups is 1. The first-order chi connectivity index (χ1) is 15.2. The first-order valence-corrected chi connectivity index (χ1v) is 10.7. The summed E-state index contributed by atoms with van der Waals surface area (Å²) in [5.41, 5.74) is 0.911. The molecule has 0 atom stereocenters. The molecule has 166 valence electrons. The smallest absolute Gasteiger partial charge is 0.262 e. The van der Waals surface area contributed by atoms with Crippen molar-refractivity contribution < 1.29 is 19.2 Å². The molecule has 2 aromatic rings. The van der Waals surface area contributed by atoms with E-state index in [1.165, 1.54) is 11.0 Å². The third-order valence-corrected chi connectivity index (χ3v) is 5.86. The molecule has 1 aromatic heterocycles. The van der Waals surface area contributed by atoms with Gasteiger partial charge < -0.3 is 10.2 Å². The number of rotatable bonds is 3. The van der Waals surface area contributed by atoms with Crippen molar-refractivity contribution in [2.75, 3.05) is 13.1 Å². The standard InChI is InChI=1S/C24H26N4O4/c1-24(2,3)28-22(31)18-5-4-16(14-19(18)23(28)32)21(30)27-12-8-17(9-13-27)26-20(29)15-6-10-25-11-7-15/h4-7,10-11,14,17H,8-9,12-13H2,1-3H3,(H,26,29). The Morgan fingerprint density at radius 1 is 0.938 bits per heavy atom. The summed E-state index contributed by atoms with van der Waals surface area (Å²) in [5, 5.41) is 3.01. The van der Waals surface area contributed by atoms with Crippen LogP contribution >= 0.6 is 0 Å². The van der Waals surface area contributed by atoms with Crippen molar-refractivity contribution in [3.8, 4) is 0 Å². The summed E-state index contributed by atoms with van der Waals surface area (Å²) < 4.78 is 0. The molecule has 0 spiro atoms. The summed E-state index contributed by atoms with van der Waals surface area (Å²) in [5.74, 6) is -1.03. The first kappa shape index (κ1) is 21.7. The molecule has 4 rings (SSSR count). The lowest BCUT2D eigenvalue weighted by Crippen LogP contribution is -2.46. The molecule has 0 aliphatic carbocycles. The number of fused-ring (bicyclic) bond motifs is 1. The number of hydrogen-bond acceptors (Lipinski definition) is 5. The normalized spacial score (nSPS) is 16.8. The molecule has 8 nitrogen and oxygen atoms in total. The van der Waals surface area contributed by atoms with Crippen LogP contribution in [-0.4, -0.2) is 63.1 Å². The van der Waals surface area contributed by atoms with Gasteiger partial charge in [-0.1, -0.05) is 0 Å². The van der Waals surface area contributed by atoms with Crippen molar-refractivity contribution >= 4 is 23.6 Å². The van der Waals surface area contributed by atoms with E-state index in [-0.39, 0.29) is 35.2 Å². The highest BCUT2D eigenvalue weighted by atomic mass is 16.2. The van der Waals surface area contributed by atoms with Gasteiger partial charge in [-0.15, -0.1) is 0 Å². The fraction of sp³-hybridized carbons (Fsp3) is 0.375. The van der Waals surface area contributed by atoms with Crippen LogP contribution in [0.4, 0.5) is 0 Å². The summed E-state index contributed by atoms with van der Waals surface area (Å²) in [6, 6.07) is 8.01. The van der Waals surface area contributed by atoms with E-state index in [1.54, 1.807) is 62.3 Å². The number of benzene rings is 1. The van der Waals surface area contributed by atoms with Gasteiger partial charge in [-0.2, -0.15) is 0 Å². The Kier molecular flexibility index (Phi) is 5.54. The predicted octanol–water partition coefficient (Wildman–Crippen LogP) is 2.51. The SMILES string of the molecule is CC(C)(C)N1C(=O)c2ccc(C(=O)N3CCC(NC(=O)c4ccncc4)CC3)cc2C1=O. The molecule has 4 amide bonds. The van der Waals surface area contributed by atoms with Crippen LogP contribution in [0.5, 0.6) is 0 Å². The molecular formula is C24H26N4O4. The Labute approximate surface area is 186 Å². The summed E-state index contributed by atoms with van der Waals surface area (Å²) in [4.78, 5) is 57.7. The Morgan fingerprint density at radius 2 is 1.56 bits per heavy atom. The van der Waals surface area contributed by atoms with E-state index < -0.39 is 5.54 Å². The molecule has 3 heterocycles. The zero-order chi connectivity index (χ0) is 23.0. The van der Waals surface area contributed by atoms with Gasteiger partial charge in [0.15, 0.2) is 0 Å². The van der Waals surface area contributed by atoms with Gasteiger partial charge in [0, 0.05) is 48.2 Å². The van der Waals surface area contributed by atoms with Crippen LogP contribution in [0.25, 0.3) is 0 Å². The number of amides is 4. The fourth-order valence-electron chi connectivity index (χ4n) is 4.16. The van der Waals surface area contributed by atoms with Gasteiger partial charge in [-0.05, 0) is 63.9 Å². The van der Waals surface area contributed by atoms with E-state index in [2.05, 4.69) is 10.3 Å². The van der Waals surface area contributed by atoms with E-state index >= 15 is 0 Å². The van der Waals surface area contributed by atoms with Gasteiger partial charge in [0.05, 0.1) is 11.1 Å². The highest BCUT2D eigenvalue weighted by molar-refractivity contribution is 6.22. The number of piperidine rings is 1. The average molecular weight is 434 g/mol. The zero-order valence-corrected chi connectivity index (χ0v) is 18.4. The lowest BCUT2D eigenvalue weighted by molar-refractivity contribution is 0.0507. The minimum Gasteiger partial charge on any atom is -0.349 e. The van der Waals surface area contributed by atoms with E-state index in [4.69, 9.17) is 0 Å². The van der Waals surface area contributed by atoms with Crippen molar-refractivity contribution in [3.05, 3.63) is 65.0 Å². The van der Waals surface area contributed by atoms with Crippen molar-refractivity contribution in [3.63, 3.8) is 0 Å². The number of aromatic nitrogens is 1. The topological polar surface area (TPSA) is 99.7 Å². The van der Waals surface area contributed by atoms with Crippen LogP contribution in [-0.2, 0) is 0 Å². The molecular weight excluding hydrogens is 408 g/mol.